The number of nitrogens with one attached hydrogen (secondary N) is 1. The van der Waals surface area contributed by atoms with Gasteiger partial charge in [-0.05, 0) is 62.8 Å². The summed E-state index contributed by atoms with van der Waals surface area (Å²) in [4.78, 5) is 6.98. The second-order valence-corrected chi connectivity index (χ2v) is 6.53. The normalized spacial score (nSPS) is 20.3. The van der Waals surface area contributed by atoms with E-state index >= 15 is 0 Å². The highest BCUT2D eigenvalue weighted by Gasteiger charge is 2.25. The van der Waals surface area contributed by atoms with Crippen LogP contribution in [0.1, 0.15) is 31.2 Å². The molecule has 0 aromatic carbocycles. The molecule has 0 spiro atoms. The van der Waals surface area contributed by atoms with Gasteiger partial charge < -0.3 is 10.2 Å². The molecule has 4 rings (SSSR count). The summed E-state index contributed by atoms with van der Waals surface area (Å²) in [6, 6.07) is 4.83. The third-order valence-corrected chi connectivity index (χ3v) is 4.65. The van der Waals surface area contributed by atoms with E-state index in [9.17, 15) is 0 Å². The lowest BCUT2D eigenvalue weighted by atomic mass is 10.1. The number of rotatable bonds is 4. The Balaban J connectivity index is 1.39. The molecule has 0 radical (unpaired) electrons. The molecule has 1 saturated heterocycles. The highest BCUT2D eigenvalue weighted by molar-refractivity contribution is 5.46. The summed E-state index contributed by atoms with van der Waals surface area (Å²) in [6.07, 6.45) is 7.24. The van der Waals surface area contributed by atoms with Crippen LogP contribution in [0, 0.1) is 12.8 Å². The van der Waals surface area contributed by atoms with Gasteiger partial charge in [0.1, 0.15) is 0 Å². The molecule has 21 heavy (non-hydrogen) atoms. The Bertz CT molecular complexity index is 623. The van der Waals surface area contributed by atoms with Crippen molar-refractivity contribution < 1.29 is 0 Å². The molecule has 1 aliphatic carbocycles. The average Bonchev–Trinajstić information content (AvgIpc) is 3.24. The van der Waals surface area contributed by atoms with E-state index in [1.54, 1.807) is 0 Å². The zero-order valence-corrected chi connectivity index (χ0v) is 12.6. The Morgan fingerprint density at radius 2 is 2.05 bits per heavy atom. The number of nitrogens with zero attached hydrogens (tertiary/aromatic N) is 4. The summed E-state index contributed by atoms with van der Waals surface area (Å²) in [5.74, 6) is 1.84. The predicted octanol–water partition coefficient (Wildman–Crippen LogP) is 2.01. The third kappa shape index (κ3) is 2.88. The lowest BCUT2D eigenvalue weighted by Gasteiger charge is -2.31. The molecular weight excluding hydrogens is 262 g/mol. The molecule has 2 fully saturated rings. The lowest BCUT2D eigenvalue weighted by molar-refractivity contribution is 0.406. The van der Waals surface area contributed by atoms with E-state index in [-0.39, 0.29) is 0 Å². The fraction of sp³-hybridized carbons (Fsp3) is 0.625. The monoisotopic (exact) mass is 285 g/mol. The number of hydrogen-bond donors (Lipinski definition) is 1. The molecule has 2 aromatic rings. The standard InChI is InChI=1S/C16H23N5/c1-12-4-9-21-15(10-12)18-16(19-21)20-7-5-14(6-8-20)17-11-13-2-3-13/h4,9-10,13-14,17H,2-3,5-8,11H2,1H3. The molecule has 2 aromatic heterocycles. The minimum atomic E-state index is 0.682. The van der Waals surface area contributed by atoms with E-state index < -0.39 is 0 Å². The van der Waals surface area contributed by atoms with Crippen molar-refractivity contribution in [3.05, 3.63) is 23.9 Å². The molecule has 3 heterocycles. The number of fused-ring (bicyclic) bond motifs is 1. The summed E-state index contributed by atoms with van der Waals surface area (Å²) in [5.41, 5.74) is 2.17. The van der Waals surface area contributed by atoms with Gasteiger partial charge in [-0.2, -0.15) is 4.98 Å². The smallest absolute Gasteiger partial charge is 0.245 e. The van der Waals surface area contributed by atoms with Crippen LogP contribution in [0.15, 0.2) is 18.3 Å². The van der Waals surface area contributed by atoms with E-state index in [4.69, 9.17) is 0 Å². The van der Waals surface area contributed by atoms with Crippen LogP contribution in [0.5, 0.6) is 0 Å². The van der Waals surface area contributed by atoms with Crippen LogP contribution in [0.2, 0.25) is 0 Å². The van der Waals surface area contributed by atoms with Gasteiger partial charge in [-0.3, -0.25) is 0 Å². The SMILES string of the molecule is Cc1ccn2nc(N3CCC(NCC4CC4)CC3)nc2c1. The Morgan fingerprint density at radius 3 is 2.81 bits per heavy atom. The Morgan fingerprint density at radius 1 is 1.24 bits per heavy atom. The molecule has 1 saturated carbocycles. The van der Waals surface area contributed by atoms with Crippen molar-refractivity contribution >= 4 is 11.6 Å². The molecule has 0 atom stereocenters. The van der Waals surface area contributed by atoms with Crippen LogP contribution < -0.4 is 10.2 Å². The summed E-state index contributed by atoms with van der Waals surface area (Å²) in [5, 5.41) is 8.31. The van der Waals surface area contributed by atoms with Crippen molar-refractivity contribution in [2.45, 2.75) is 38.6 Å². The Hall–Kier alpha value is -1.62. The maximum atomic E-state index is 4.66. The number of aromatic nitrogens is 3. The van der Waals surface area contributed by atoms with Gasteiger partial charge >= 0.3 is 0 Å². The average molecular weight is 285 g/mol. The molecule has 112 valence electrons. The number of piperidine rings is 1. The summed E-state index contributed by atoms with van der Waals surface area (Å²) in [7, 11) is 0. The van der Waals surface area contributed by atoms with Crippen molar-refractivity contribution in [1.29, 1.82) is 0 Å². The highest BCUT2D eigenvalue weighted by Crippen LogP contribution is 2.28. The molecule has 5 nitrogen and oxygen atoms in total. The molecule has 1 aliphatic heterocycles. The first-order valence-corrected chi connectivity index (χ1v) is 8.09. The van der Waals surface area contributed by atoms with Gasteiger partial charge in [0, 0.05) is 25.3 Å². The molecule has 0 bridgehead atoms. The summed E-state index contributed by atoms with van der Waals surface area (Å²) >= 11 is 0. The number of pyridine rings is 1. The fourth-order valence-electron chi connectivity index (χ4n) is 3.04. The number of aryl methyl sites for hydroxylation is 1. The van der Waals surface area contributed by atoms with E-state index in [2.05, 4.69) is 39.4 Å². The van der Waals surface area contributed by atoms with Crippen molar-refractivity contribution in [2.24, 2.45) is 5.92 Å². The van der Waals surface area contributed by atoms with Crippen LogP contribution in [0.25, 0.3) is 5.65 Å². The molecule has 0 amide bonds. The summed E-state index contributed by atoms with van der Waals surface area (Å²) in [6.45, 7) is 5.42. The van der Waals surface area contributed by atoms with Crippen LogP contribution in [-0.4, -0.2) is 40.3 Å². The lowest BCUT2D eigenvalue weighted by Crippen LogP contribution is -2.43. The fourth-order valence-corrected chi connectivity index (χ4v) is 3.04. The van der Waals surface area contributed by atoms with Gasteiger partial charge in [0.2, 0.25) is 5.95 Å². The van der Waals surface area contributed by atoms with Crippen LogP contribution in [-0.2, 0) is 0 Å². The molecular formula is C16H23N5. The minimum absolute atomic E-state index is 0.682. The molecule has 1 N–H and O–H groups in total. The van der Waals surface area contributed by atoms with Gasteiger partial charge in [0.25, 0.3) is 0 Å². The van der Waals surface area contributed by atoms with Crippen molar-refractivity contribution in [2.75, 3.05) is 24.5 Å². The zero-order chi connectivity index (χ0) is 14.2. The minimum Gasteiger partial charge on any atom is -0.339 e. The second-order valence-electron chi connectivity index (χ2n) is 6.53. The topological polar surface area (TPSA) is 45.5 Å². The Labute approximate surface area is 125 Å². The quantitative estimate of drug-likeness (QED) is 0.933. The number of anilines is 1. The van der Waals surface area contributed by atoms with Gasteiger partial charge in [-0.25, -0.2) is 4.52 Å². The van der Waals surface area contributed by atoms with Gasteiger partial charge in [-0.15, -0.1) is 5.10 Å². The van der Waals surface area contributed by atoms with E-state index in [1.165, 1.54) is 37.8 Å². The largest absolute Gasteiger partial charge is 0.339 e. The van der Waals surface area contributed by atoms with E-state index in [1.807, 2.05) is 10.7 Å². The number of hydrogen-bond acceptors (Lipinski definition) is 4. The Kier molecular flexibility index (Phi) is 3.30. The van der Waals surface area contributed by atoms with Gasteiger partial charge in [0.15, 0.2) is 5.65 Å². The van der Waals surface area contributed by atoms with Crippen LogP contribution in [0.4, 0.5) is 5.95 Å². The maximum absolute atomic E-state index is 4.66. The highest BCUT2D eigenvalue weighted by atomic mass is 15.4. The van der Waals surface area contributed by atoms with Crippen molar-refractivity contribution in [1.82, 2.24) is 19.9 Å². The van der Waals surface area contributed by atoms with Gasteiger partial charge in [-0.1, -0.05) is 0 Å². The van der Waals surface area contributed by atoms with E-state index in [0.29, 0.717) is 6.04 Å². The van der Waals surface area contributed by atoms with Crippen molar-refractivity contribution in [3.8, 4) is 0 Å². The molecule has 2 aliphatic rings. The first-order chi connectivity index (χ1) is 10.3. The van der Waals surface area contributed by atoms with Crippen LogP contribution in [0.3, 0.4) is 0 Å². The van der Waals surface area contributed by atoms with E-state index in [0.717, 1.165) is 30.6 Å². The molecule has 5 heteroatoms. The third-order valence-electron chi connectivity index (χ3n) is 4.65. The molecule has 0 unspecified atom stereocenters. The van der Waals surface area contributed by atoms with Crippen LogP contribution >= 0.6 is 0 Å². The first-order valence-electron chi connectivity index (χ1n) is 8.09. The maximum Gasteiger partial charge on any atom is 0.245 e. The second kappa shape index (κ2) is 5.30. The van der Waals surface area contributed by atoms with Crippen molar-refractivity contribution in [3.63, 3.8) is 0 Å². The van der Waals surface area contributed by atoms with Gasteiger partial charge in [0.05, 0.1) is 0 Å². The first kappa shape index (κ1) is 13.1. The zero-order valence-electron chi connectivity index (χ0n) is 12.6. The summed E-state index contributed by atoms with van der Waals surface area (Å²) < 4.78 is 1.87. The predicted molar refractivity (Wildman–Crippen MR) is 83.7 cm³/mol.